The molecule has 0 N–H and O–H groups in total. The van der Waals surface area contributed by atoms with Crippen LogP contribution in [-0.4, -0.2) is 52.7 Å². The summed E-state index contributed by atoms with van der Waals surface area (Å²) in [7, 11) is 0. The first-order chi connectivity index (χ1) is 14.3. The van der Waals surface area contributed by atoms with Gasteiger partial charge in [-0.05, 0) is 48.6 Å². The van der Waals surface area contributed by atoms with Gasteiger partial charge in [0, 0.05) is 37.0 Å². The van der Waals surface area contributed by atoms with Gasteiger partial charge in [-0.3, -0.25) is 9.58 Å². The van der Waals surface area contributed by atoms with Gasteiger partial charge in [0.1, 0.15) is 5.75 Å². The lowest BCUT2D eigenvalue weighted by Gasteiger charge is -2.22. The third-order valence-electron chi connectivity index (χ3n) is 5.61. The molecule has 0 spiro atoms. The first-order valence-electron chi connectivity index (χ1n) is 10.9. The molecule has 1 heterocycles. The minimum atomic E-state index is 0. The Morgan fingerprint density at radius 1 is 1.03 bits per heavy atom. The molecule has 1 aromatic heterocycles. The average molecular weight is 475 g/mol. The van der Waals surface area contributed by atoms with Gasteiger partial charge in [0.05, 0.1) is 25.0 Å². The summed E-state index contributed by atoms with van der Waals surface area (Å²) >= 11 is 11.9. The predicted molar refractivity (Wildman–Crippen MR) is 130 cm³/mol. The number of hydrogen-bond acceptors (Lipinski definition) is 3. The van der Waals surface area contributed by atoms with Gasteiger partial charge in [-0.25, -0.2) is 0 Å². The van der Waals surface area contributed by atoms with Crippen molar-refractivity contribution in [2.45, 2.75) is 52.0 Å². The molecular weight excluding hydrogens is 441 g/mol. The van der Waals surface area contributed by atoms with Crippen LogP contribution in [-0.2, 0) is 19.4 Å². The van der Waals surface area contributed by atoms with E-state index in [1.54, 1.807) is 0 Å². The second-order valence-corrected chi connectivity index (χ2v) is 8.45. The Labute approximate surface area is 197 Å². The third kappa shape index (κ3) is 6.78. The number of fused-ring (bicyclic) bond motifs is 3. The molecule has 0 aliphatic heterocycles. The van der Waals surface area contributed by atoms with Crippen LogP contribution in [0.1, 0.15) is 43.7 Å². The lowest BCUT2D eigenvalue weighted by atomic mass is 9.90. The largest absolute Gasteiger partial charge is 0.494 e. The van der Waals surface area contributed by atoms with E-state index in [-0.39, 0.29) is 12.4 Å². The van der Waals surface area contributed by atoms with Crippen molar-refractivity contribution in [2.75, 3.05) is 38.0 Å². The molecule has 168 valence electrons. The van der Waals surface area contributed by atoms with Gasteiger partial charge in [-0.1, -0.05) is 26.2 Å². The van der Waals surface area contributed by atoms with Crippen molar-refractivity contribution in [3.8, 4) is 17.0 Å². The Morgan fingerprint density at radius 3 is 2.53 bits per heavy atom. The minimum absolute atomic E-state index is 0. The second kappa shape index (κ2) is 13.5. The first kappa shape index (κ1) is 25.3. The van der Waals surface area contributed by atoms with E-state index in [2.05, 4.69) is 39.8 Å². The van der Waals surface area contributed by atoms with Crippen LogP contribution in [0.15, 0.2) is 24.4 Å². The number of hydrogen-bond donors (Lipinski definition) is 0. The number of unbranched alkanes of at least 4 members (excludes halogenated alkanes) is 3. The van der Waals surface area contributed by atoms with Gasteiger partial charge in [-0.2, -0.15) is 5.10 Å². The minimum Gasteiger partial charge on any atom is -0.494 e. The average Bonchev–Trinajstić information content (AvgIpc) is 3.15. The van der Waals surface area contributed by atoms with Crippen LogP contribution >= 0.6 is 35.6 Å². The Morgan fingerprint density at radius 2 is 1.80 bits per heavy atom. The number of nitrogens with zero attached hydrogens (tertiary/aromatic N) is 3. The summed E-state index contributed by atoms with van der Waals surface area (Å²) in [5.74, 6) is 2.24. The lowest BCUT2D eigenvalue weighted by Crippen LogP contribution is -2.31. The molecule has 7 heteroatoms. The van der Waals surface area contributed by atoms with Crippen molar-refractivity contribution >= 4 is 35.6 Å². The van der Waals surface area contributed by atoms with E-state index in [4.69, 9.17) is 27.9 Å². The maximum absolute atomic E-state index is 6.00. The molecule has 0 saturated heterocycles. The highest BCUT2D eigenvalue weighted by Crippen LogP contribution is 2.35. The quantitative estimate of drug-likeness (QED) is 0.271. The van der Waals surface area contributed by atoms with Gasteiger partial charge < -0.3 is 4.74 Å². The Hall–Kier alpha value is -0.940. The summed E-state index contributed by atoms with van der Waals surface area (Å²) in [5.41, 5.74) is 5.26. The van der Waals surface area contributed by atoms with E-state index in [0.29, 0.717) is 11.8 Å². The van der Waals surface area contributed by atoms with E-state index in [0.717, 1.165) is 57.8 Å². The van der Waals surface area contributed by atoms with Crippen molar-refractivity contribution in [3.05, 3.63) is 35.5 Å². The highest BCUT2D eigenvalue weighted by atomic mass is 35.5. The standard InChI is InChI=1S/C23H33Cl2N3O.ClH/c1-2-3-4-5-16-29-21-8-9-22-19(17-21)6-7-20-18-26-28(23(20)22)15-14-27(12-10-24)13-11-25;/h8-9,17-18H,2-7,10-16H2,1H3;1H. The highest BCUT2D eigenvalue weighted by molar-refractivity contribution is 6.18. The number of rotatable bonds is 13. The monoisotopic (exact) mass is 473 g/mol. The number of alkyl halides is 2. The van der Waals surface area contributed by atoms with Crippen LogP contribution in [0.4, 0.5) is 0 Å². The number of benzene rings is 1. The van der Waals surface area contributed by atoms with Gasteiger partial charge in [0.2, 0.25) is 0 Å². The fourth-order valence-corrected chi connectivity index (χ4v) is 4.46. The molecule has 0 radical (unpaired) electrons. The van der Waals surface area contributed by atoms with Gasteiger partial charge >= 0.3 is 0 Å². The molecule has 0 saturated carbocycles. The van der Waals surface area contributed by atoms with Crippen molar-refractivity contribution in [2.24, 2.45) is 0 Å². The fraction of sp³-hybridized carbons (Fsp3) is 0.609. The summed E-state index contributed by atoms with van der Waals surface area (Å²) in [6.07, 6.45) is 9.03. The van der Waals surface area contributed by atoms with E-state index in [9.17, 15) is 0 Å². The molecule has 0 fully saturated rings. The molecule has 0 atom stereocenters. The Kier molecular flexibility index (Phi) is 11.4. The molecule has 0 bridgehead atoms. The van der Waals surface area contributed by atoms with Crippen LogP contribution in [0.2, 0.25) is 0 Å². The van der Waals surface area contributed by atoms with Gasteiger partial charge in [0.25, 0.3) is 0 Å². The zero-order valence-electron chi connectivity index (χ0n) is 17.9. The molecule has 3 rings (SSSR count). The molecular formula is C23H34Cl3N3O. The van der Waals surface area contributed by atoms with Crippen molar-refractivity contribution in [1.29, 1.82) is 0 Å². The van der Waals surface area contributed by atoms with Crippen LogP contribution in [0, 0.1) is 0 Å². The van der Waals surface area contributed by atoms with Crippen molar-refractivity contribution in [1.82, 2.24) is 14.7 Å². The summed E-state index contributed by atoms with van der Waals surface area (Å²) in [6.45, 7) is 6.50. The third-order valence-corrected chi connectivity index (χ3v) is 5.94. The van der Waals surface area contributed by atoms with Crippen molar-refractivity contribution in [3.63, 3.8) is 0 Å². The SMILES string of the molecule is CCCCCCOc1ccc2c(c1)CCc1cnn(CCN(CCCl)CCCl)c1-2.Cl. The molecule has 4 nitrogen and oxygen atoms in total. The lowest BCUT2D eigenvalue weighted by molar-refractivity contribution is 0.289. The van der Waals surface area contributed by atoms with Crippen LogP contribution in [0.3, 0.4) is 0 Å². The van der Waals surface area contributed by atoms with E-state index >= 15 is 0 Å². The molecule has 30 heavy (non-hydrogen) atoms. The van der Waals surface area contributed by atoms with Crippen LogP contribution in [0.5, 0.6) is 5.75 Å². The van der Waals surface area contributed by atoms with E-state index < -0.39 is 0 Å². The first-order valence-corrected chi connectivity index (χ1v) is 12.0. The van der Waals surface area contributed by atoms with Gasteiger partial charge in [0.15, 0.2) is 0 Å². The molecule has 2 aromatic rings. The molecule has 1 aliphatic carbocycles. The Bertz CT molecular complexity index is 760. The van der Waals surface area contributed by atoms with Crippen LogP contribution < -0.4 is 4.74 Å². The summed E-state index contributed by atoms with van der Waals surface area (Å²) in [4.78, 5) is 2.30. The number of aromatic nitrogens is 2. The number of ether oxygens (including phenoxy) is 1. The highest BCUT2D eigenvalue weighted by Gasteiger charge is 2.21. The normalized spacial score (nSPS) is 12.4. The smallest absolute Gasteiger partial charge is 0.119 e. The van der Waals surface area contributed by atoms with E-state index in [1.165, 1.54) is 41.6 Å². The Balaban J connectivity index is 0.00000320. The van der Waals surface area contributed by atoms with Crippen molar-refractivity contribution < 1.29 is 4.74 Å². The summed E-state index contributed by atoms with van der Waals surface area (Å²) in [6, 6.07) is 6.54. The maximum atomic E-state index is 6.00. The molecule has 1 aromatic carbocycles. The second-order valence-electron chi connectivity index (χ2n) is 7.69. The summed E-state index contributed by atoms with van der Waals surface area (Å²) < 4.78 is 8.14. The zero-order valence-corrected chi connectivity index (χ0v) is 20.2. The maximum Gasteiger partial charge on any atom is 0.119 e. The van der Waals surface area contributed by atoms with Gasteiger partial charge in [-0.15, -0.1) is 35.6 Å². The molecule has 0 unspecified atom stereocenters. The summed E-state index contributed by atoms with van der Waals surface area (Å²) in [5, 5.41) is 4.68. The van der Waals surface area contributed by atoms with E-state index in [1.807, 2.05) is 6.20 Å². The van der Waals surface area contributed by atoms with Crippen LogP contribution in [0.25, 0.3) is 11.3 Å². The number of halogens is 3. The molecule has 0 amide bonds. The zero-order chi connectivity index (χ0) is 20.5. The molecule has 1 aliphatic rings. The topological polar surface area (TPSA) is 30.3 Å². The fourth-order valence-electron chi connectivity index (χ4n) is 3.99. The number of aryl methyl sites for hydroxylation is 2. The predicted octanol–water partition coefficient (Wildman–Crippen LogP) is 5.81.